The Kier molecular flexibility index (Phi) is 5.52. The van der Waals surface area contributed by atoms with Crippen LogP contribution in [0, 0.1) is 5.92 Å². The largest absolute Gasteiger partial charge is 0.326 e. The lowest BCUT2D eigenvalue weighted by atomic mass is 9.97. The van der Waals surface area contributed by atoms with E-state index in [0.29, 0.717) is 13.1 Å². The molecule has 1 saturated heterocycles. The first kappa shape index (κ1) is 17.0. The van der Waals surface area contributed by atoms with E-state index in [1.54, 1.807) is 4.90 Å². The van der Waals surface area contributed by atoms with Gasteiger partial charge in [0.05, 0.1) is 10.9 Å². The van der Waals surface area contributed by atoms with Gasteiger partial charge in [0.25, 0.3) is 0 Å². The molecule has 24 heavy (non-hydrogen) atoms. The Balaban J connectivity index is 1.57. The van der Waals surface area contributed by atoms with E-state index >= 15 is 0 Å². The van der Waals surface area contributed by atoms with Crippen molar-refractivity contribution in [2.24, 2.45) is 5.92 Å². The number of likely N-dealkylation sites (tertiary alicyclic amines) is 1. The fourth-order valence-corrected chi connectivity index (χ4v) is 3.56. The molecule has 5 nitrogen and oxygen atoms in total. The zero-order valence-corrected chi connectivity index (χ0v) is 15.4. The highest BCUT2D eigenvalue weighted by atomic mass is 79.9. The molecule has 1 aliphatic heterocycles. The Morgan fingerprint density at radius 3 is 2.67 bits per heavy atom. The number of anilines is 2. The molecule has 0 saturated carbocycles. The molecule has 3 amide bonds. The molecule has 2 heterocycles. The number of thiophene rings is 1. The number of carbonyl (C=O) groups excluding carboxylic acids is 2. The summed E-state index contributed by atoms with van der Waals surface area (Å²) in [4.78, 5) is 26.5. The molecule has 126 valence electrons. The molecule has 1 unspecified atom stereocenters. The summed E-state index contributed by atoms with van der Waals surface area (Å²) >= 11 is 4.86. The summed E-state index contributed by atoms with van der Waals surface area (Å²) in [7, 11) is 0. The first-order chi connectivity index (χ1) is 11.6. The van der Waals surface area contributed by atoms with E-state index in [-0.39, 0.29) is 17.9 Å². The second-order valence-corrected chi connectivity index (χ2v) is 7.55. The number of halogens is 1. The van der Waals surface area contributed by atoms with Crippen LogP contribution in [0.2, 0.25) is 0 Å². The van der Waals surface area contributed by atoms with Crippen molar-refractivity contribution < 1.29 is 9.59 Å². The molecule has 1 atom stereocenters. The lowest BCUT2D eigenvalue weighted by Crippen LogP contribution is -2.45. The van der Waals surface area contributed by atoms with Crippen LogP contribution >= 0.6 is 27.3 Å². The van der Waals surface area contributed by atoms with Gasteiger partial charge in [0.1, 0.15) is 0 Å². The number of amides is 3. The maximum absolute atomic E-state index is 12.5. The van der Waals surface area contributed by atoms with Crippen LogP contribution in [-0.2, 0) is 4.79 Å². The molecular formula is C17H18BrN3O2S. The Morgan fingerprint density at radius 2 is 1.96 bits per heavy atom. The van der Waals surface area contributed by atoms with Crippen molar-refractivity contribution in [1.82, 2.24) is 4.90 Å². The lowest BCUT2D eigenvalue weighted by Gasteiger charge is -2.31. The number of nitrogens with zero attached hydrogens (tertiary/aromatic N) is 1. The van der Waals surface area contributed by atoms with Gasteiger partial charge in [-0.2, -0.15) is 0 Å². The minimum Gasteiger partial charge on any atom is -0.326 e. The molecule has 2 N–H and O–H groups in total. The zero-order chi connectivity index (χ0) is 16.9. The number of nitrogens with one attached hydrogen (secondary N) is 2. The summed E-state index contributed by atoms with van der Waals surface area (Å²) in [6, 6.07) is 11.1. The van der Waals surface area contributed by atoms with Crippen molar-refractivity contribution in [1.29, 1.82) is 0 Å². The van der Waals surface area contributed by atoms with Crippen LogP contribution in [-0.4, -0.2) is 29.9 Å². The summed E-state index contributed by atoms with van der Waals surface area (Å²) < 4.78 is 0.967. The average molecular weight is 408 g/mol. The van der Waals surface area contributed by atoms with Crippen molar-refractivity contribution in [3.8, 4) is 0 Å². The summed E-state index contributed by atoms with van der Waals surface area (Å²) in [6.07, 6.45) is 1.63. The van der Waals surface area contributed by atoms with Gasteiger partial charge in [-0.25, -0.2) is 4.79 Å². The fraction of sp³-hybridized carbons (Fsp3) is 0.294. The molecule has 0 aliphatic carbocycles. The Bertz CT molecular complexity index is 703. The average Bonchev–Trinajstić information content (AvgIpc) is 3.10. The third-order valence-electron chi connectivity index (χ3n) is 3.94. The first-order valence-corrected chi connectivity index (χ1v) is 9.45. The van der Waals surface area contributed by atoms with Gasteiger partial charge in [-0.3, -0.25) is 10.1 Å². The van der Waals surface area contributed by atoms with Crippen molar-refractivity contribution in [2.75, 3.05) is 23.7 Å². The van der Waals surface area contributed by atoms with Crippen LogP contribution in [0.1, 0.15) is 12.8 Å². The standard InChI is InChI=1S/C17H18BrN3O2S/c18-13-5-7-14(8-6-13)19-16(22)12-3-1-9-21(11-12)17(23)20-15-4-2-10-24-15/h2,4-8,10,12H,1,3,9,11H2,(H,19,22)(H,20,23). The van der Waals surface area contributed by atoms with Crippen molar-refractivity contribution >= 4 is 49.9 Å². The summed E-state index contributed by atoms with van der Waals surface area (Å²) in [5.74, 6) is -0.220. The van der Waals surface area contributed by atoms with Crippen LogP contribution < -0.4 is 10.6 Å². The van der Waals surface area contributed by atoms with Crippen LogP contribution in [0.5, 0.6) is 0 Å². The monoisotopic (exact) mass is 407 g/mol. The topological polar surface area (TPSA) is 61.4 Å². The number of hydrogen-bond donors (Lipinski definition) is 2. The lowest BCUT2D eigenvalue weighted by molar-refractivity contribution is -0.121. The van der Waals surface area contributed by atoms with Crippen LogP contribution in [0.4, 0.5) is 15.5 Å². The second kappa shape index (κ2) is 7.81. The van der Waals surface area contributed by atoms with Gasteiger partial charge in [0.15, 0.2) is 0 Å². The van der Waals surface area contributed by atoms with E-state index in [1.807, 2.05) is 41.8 Å². The molecule has 1 aromatic heterocycles. The van der Waals surface area contributed by atoms with E-state index in [0.717, 1.165) is 28.0 Å². The van der Waals surface area contributed by atoms with E-state index in [2.05, 4.69) is 26.6 Å². The summed E-state index contributed by atoms with van der Waals surface area (Å²) in [5, 5.41) is 8.54. The summed E-state index contributed by atoms with van der Waals surface area (Å²) in [6.45, 7) is 1.12. The molecule has 0 bridgehead atoms. The Labute approximate surface area is 153 Å². The van der Waals surface area contributed by atoms with Crippen molar-refractivity contribution in [3.05, 3.63) is 46.3 Å². The third-order valence-corrected chi connectivity index (χ3v) is 5.26. The number of benzene rings is 1. The smallest absolute Gasteiger partial charge is 0.322 e. The molecule has 1 aromatic carbocycles. The number of piperidine rings is 1. The number of carbonyl (C=O) groups is 2. The SMILES string of the molecule is O=C(Nc1ccc(Br)cc1)C1CCCN(C(=O)Nc2cccs2)C1. The predicted molar refractivity (Wildman–Crippen MR) is 100 cm³/mol. The van der Waals surface area contributed by atoms with Crippen molar-refractivity contribution in [2.45, 2.75) is 12.8 Å². The fourth-order valence-electron chi connectivity index (χ4n) is 2.69. The number of rotatable bonds is 3. The minimum absolute atomic E-state index is 0.0362. The van der Waals surface area contributed by atoms with E-state index in [1.165, 1.54) is 11.3 Å². The predicted octanol–water partition coefficient (Wildman–Crippen LogP) is 4.39. The molecule has 0 spiro atoms. The quantitative estimate of drug-likeness (QED) is 0.791. The van der Waals surface area contributed by atoms with Gasteiger partial charge in [-0.15, -0.1) is 11.3 Å². The highest BCUT2D eigenvalue weighted by Gasteiger charge is 2.28. The van der Waals surface area contributed by atoms with Crippen LogP contribution in [0.15, 0.2) is 46.3 Å². The van der Waals surface area contributed by atoms with Gasteiger partial charge < -0.3 is 10.2 Å². The van der Waals surface area contributed by atoms with Crippen molar-refractivity contribution in [3.63, 3.8) is 0 Å². The minimum atomic E-state index is -0.184. The highest BCUT2D eigenvalue weighted by molar-refractivity contribution is 9.10. The van der Waals surface area contributed by atoms with Crippen LogP contribution in [0.3, 0.4) is 0 Å². The van der Waals surface area contributed by atoms with Gasteiger partial charge in [-0.1, -0.05) is 15.9 Å². The number of hydrogen-bond acceptors (Lipinski definition) is 3. The van der Waals surface area contributed by atoms with Gasteiger partial charge in [0, 0.05) is 23.2 Å². The number of urea groups is 1. The summed E-state index contributed by atoms with van der Waals surface area (Å²) in [5.41, 5.74) is 0.767. The maximum Gasteiger partial charge on any atom is 0.322 e. The maximum atomic E-state index is 12.5. The Morgan fingerprint density at radius 1 is 1.17 bits per heavy atom. The Hall–Kier alpha value is -1.86. The molecule has 7 heteroatoms. The molecule has 2 aromatic rings. The van der Waals surface area contributed by atoms with E-state index in [4.69, 9.17) is 0 Å². The molecular weight excluding hydrogens is 390 g/mol. The molecule has 1 aliphatic rings. The molecule has 3 rings (SSSR count). The van der Waals surface area contributed by atoms with Gasteiger partial charge in [-0.05, 0) is 54.6 Å². The molecule has 1 fully saturated rings. The van der Waals surface area contributed by atoms with E-state index in [9.17, 15) is 9.59 Å². The zero-order valence-electron chi connectivity index (χ0n) is 13.0. The van der Waals surface area contributed by atoms with Crippen LogP contribution in [0.25, 0.3) is 0 Å². The second-order valence-electron chi connectivity index (χ2n) is 5.69. The highest BCUT2D eigenvalue weighted by Crippen LogP contribution is 2.22. The van der Waals surface area contributed by atoms with E-state index < -0.39 is 0 Å². The van der Waals surface area contributed by atoms with Gasteiger partial charge >= 0.3 is 6.03 Å². The van der Waals surface area contributed by atoms with Gasteiger partial charge in [0.2, 0.25) is 5.91 Å². The first-order valence-electron chi connectivity index (χ1n) is 7.77. The molecule has 0 radical (unpaired) electrons. The third kappa shape index (κ3) is 4.36. The normalized spacial score (nSPS) is 17.4.